The van der Waals surface area contributed by atoms with Crippen LogP contribution in [0.25, 0.3) is 0 Å². The molecule has 1 aromatic carbocycles. The zero-order valence-corrected chi connectivity index (χ0v) is 14.3. The minimum atomic E-state index is -3.39. The average molecular weight is 321 g/mol. The maximum absolute atomic E-state index is 12.3. The number of benzene rings is 1. The van der Waals surface area contributed by atoms with Crippen LogP contribution in [0.3, 0.4) is 0 Å². The van der Waals surface area contributed by atoms with E-state index in [-0.39, 0.29) is 0 Å². The van der Waals surface area contributed by atoms with Crippen LogP contribution in [0.15, 0.2) is 41.8 Å². The van der Waals surface area contributed by atoms with E-state index in [1.54, 1.807) is 12.1 Å². The van der Waals surface area contributed by atoms with Crippen molar-refractivity contribution in [3.8, 4) is 0 Å². The smallest absolute Gasteiger partial charge is 0.211 e. The van der Waals surface area contributed by atoms with Crippen LogP contribution in [-0.4, -0.2) is 15.0 Å². The second-order valence-corrected chi connectivity index (χ2v) is 8.26. The van der Waals surface area contributed by atoms with Gasteiger partial charge in [-0.05, 0) is 56.6 Å². The van der Waals surface area contributed by atoms with Crippen molar-refractivity contribution in [3.63, 3.8) is 0 Å². The van der Waals surface area contributed by atoms with E-state index >= 15 is 0 Å². The van der Waals surface area contributed by atoms with Crippen molar-refractivity contribution in [2.24, 2.45) is 5.41 Å². The summed E-state index contributed by atoms with van der Waals surface area (Å²) in [4.78, 5) is 0.352. The van der Waals surface area contributed by atoms with E-state index in [4.69, 9.17) is 0 Å². The lowest BCUT2D eigenvalue weighted by Crippen LogP contribution is -2.29. The molecule has 0 amide bonds. The molecular weight excluding hydrogens is 294 g/mol. The third-order valence-corrected chi connectivity index (χ3v) is 6.30. The summed E-state index contributed by atoms with van der Waals surface area (Å²) in [7, 11) is -3.39. The van der Waals surface area contributed by atoms with Crippen molar-refractivity contribution in [1.82, 2.24) is 4.72 Å². The molecule has 0 spiro atoms. The average Bonchev–Trinajstić information content (AvgIpc) is 2.94. The van der Waals surface area contributed by atoms with Crippen LogP contribution in [0.1, 0.15) is 50.5 Å². The Morgan fingerprint density at radius 3 is 2.41 bits per heavy atom. The van der Waals surface area contributed by atoms with Gasteiger partial charge in [-0.2, -0.15) is 0 Å². The molecule has 0 atom stereocenters. The molecule has 22 heavy (non-hydrogen) atoms. The molecule has 0 unspecified atom stereocenters. The van der Waals surface area contributed by atoms with Gasteiger partial charge in [-0.3, -0.25) is 0 Å². The van der Waals surface area contributed by atoms with Crippen LogP contribution in [0, 0.1) is 12.3 Å². The fraction of sp³-hybridized carbons (Fsp3) is 0.556. The van der Waals surface area contributed by atoms with Crippen LogP contribution in [0.4, 0.5) is 0 Å². The lowest BCUT2D eigenvalue weighted by Gasteiger charge is -2.28. The van der Waals surface area contributed by atoms with Gasteiger partial charge in [0.1, 0.15) is 0 Å². The summed E-state index contributed by atoms with van der Waals surface area (Å²) in [6, 6.07) is 7.00. The first-order chi connectivity index (χ1) is 10.5. The van der Waals surface area contributed by atoms with Gasteiger partial charge in [-0.25, -0.2) is 13.1 Å². The van der Waals surface area contributed by atoms with E-state index in [1.165, 1.54) is 25.7 Å². The molecule has 0 saturated heterocycles. The van der Waals surface area contributed by atoms with Gasteiger partial charge in [0, 0.05) is 6.54 Å². The fourth-order valence-corrected chi connectivity index (χ4v) is 4.44. The Bertz CT molecular complexity index is 584. The number of aryl methyl sites for hydroxylation is 1. The molecule has 1 N–H and O–H groups in total. The monoisotopic (exact) mass is 321 g/mol. The third kappa shape index (κ3) is 4.43. The number of sulfonamides is 1. The summed E-state index contributed by atoms with van der Waals surface area (Å²) in [6.07, 6.45) is 10.00. The molecule has 0 aromatic heterocycles. The second kappa shape index (κ2) is 7.42. The van der Waals surface area contributed by atoms with Gasteiger partial charge in [-0.15, -0.1) is 6.58 Å². The van der Waals surface area contributed by atoms with Crippen molar-refractivity contribution in [1.29, 1.82) is 0 Å². The summed E-state index contributed by atoms with van der Waals surface area (Å²) < 4.78 is 27.4. The van der Waals surface area contributed by atoms with Gasteiger partial charge in [-0.1, -0.05) is 36.6 Å². The van der Waals surface area contributed by atoms with Crippen molar-refractivity contribution in [3.05, 3.63) is 42.5 Å². The predicted molar refractivity (Wildman–Crippen MR) is 91.3 cm³/mol. The Kier molecular flexibility index (Phi) is 5.81. The summed E-state index contributed by atoms with van der Waals surface area (Å²) in [5.74, 6) is 0. The van der Waals surface area contributed by atoms with Crippen molar-refractivity contribution in [2.75, 3.05) is 6.54 Å². The summed E-state index contributed by atoms with van der Waals surface area (Å²) >= 11 is 0. The number of allylic oxidation sites excluding steroid dienone is 1. The topological polar surface area (TPSA) is 46.2 Å². The van der Waals surface area contributed by atoms with Crippen molar-refractivity contribution in [2.45, 2.75) is 56.8 Å². The molecule has 1 aliphatic rings. The first kappa shape index (κ1) is 17.2. The Hall–Kier alpha value is -1.13. The number of hydrogen-bond donors (Lipinski definition) is 1. The lowest BCUT2D eigenvalue weighted by molar-refractivity contribution is 0.252. The molecule has 0 radical (unpaired) electrons. The van der Waals surface area contributed by atoms with E-state index < -0.39 is 10.0 Å². The first-order valence-corrected chi connectivity index (χ1v) is 9.63. The molecule has 4 heteroatoms. The van der Waals surface area contributed by atoms with Gasteiger partial charge in [0.05, 0.1) is 4.90 Å². The van der Waals surface area contributed by atoms with E-state index in [2.05, 4.69) is 11.3 Å². The molecule has 2 rings (SSSR count). The summed E-state index contributed by atoms with van der Waals surface area (Å²) in [5, 5.41) is 0. The fourth-order valence-electron chi connectivity index (χ4n) is 3.41. The van der Waals surface area contributed by atoms with Crippen molar-refractivity contribution < 1.29 is 8.42 Å². The van der Waals surface area contributed by atoms with Crippen molar-refractivity contribution >= 4 is 10.0 Å². The maximum atomic E-state index is 12.3. The zero-order valence-electron chi connectivity index (χ0n) is 13.5. The van der Waals surface area contributed by atoms with Crippen LogP contribution >= 0.6 is 0 Å². The standard InChI is InChI=1S/C18H27NO2S/c1-3-4-11-18(12-5-6-13-18)14-15-19-22(20,21)17-9-7-16(2)8-10-17/h3,7-10,19H,1,4-6,11-15H2,2H3. The minimum absolute atomic E-state index is 0.310. The van der Waals surface area contributed by atoms with Crippen LogP contribution in [-0.2, 0) is 10.0 Å². The third-order valence-electron chi connectivity index (χ3n) is 4.82. The van der Waals surface area contributed by atoms with Gasteiger partial charge in [0.15, 0.2) is 0 Å². The van der Waals surface area contributed by atoms with Gasteiger partial charge in [0.25, 0.3) is 0 Å². The first-order valence-electron chi connectivity index (χ1n) is 8.15. The molecule has 1 aromatic rings. The Labute approximate surface area is 134 Å². The molecular formula is C18H27NO2S. The molecule has 3 nitrogen and oxygen atoms in total. The van der Waals surface area contributed by atoms with E-state index in [9.17, 15) is 8.42 Å². The van der Waals surface area contributed by atoms with Gasteiger partial charge < -0.3 is 0 Å². The van der Waals surface area contributed by atoms with Crippen LogP contribution < -0.4 is 4.72 Å². The highest BCUT2D eigenvalue weighted by Gasteiger charge is 2.32. The SMILES string of the molecule is C=CCCC1(CCNS(=O)(=O)c2ccc(C)cc2)CCCC1. The Morgan fingerprint density at radius 1 is 1.18 bits per heavy atom. The van der Waals surface area contributed by atoms with Gasteiger partial charge >= 0.3 is 0 Å². The highest BCUT2D eigenvalue weighted by molar-refractivity contribution is 7.89. The largest absolute Gasteiger partial charge is 0.240 e. The summed E-state index contributed by atoms with van der Waals surface area (Å²) in [6.45, 7) is 6.28. The molecule has 0 aliphatic heterocycles. The van der Waals surface area contributed by atoms with E-state index in [1.807, 2.05) is 25.1 Å². The number of rotatable bonds is 8. The van der Waals surface area contributed by atoms with Crippen LogP contribution in [0.2, 0.25) is 0 Å². The molecule has 1 fully saturated rings. The molecule has 0 bridgehead atoms. The molecule has 1 saturated carbocycles. The second-order valence-electron chi connectivity index (χ2n) is 6.50. The Balaban J connectivity index is 1.93. The normalized spacial score (nSPS) is 17.5. The quantitative estimate of drug-likeness (QED) is 0.730. The van der Waals surface area contributed by atoms with E-state index in [0.717, 1.165) is 24.8 Å². The zero-order chi connectivity index (χ0) is 16.1. The highest BCUT2D eigenvalue weighted by atomic mass is 32.2. The maximum Gasteiger partial charge on any atom is 0.240 e. The molecule has 1 aliphatic carbocycles. The van der Waals surface area contributed by atoms with Gasteiger partial charge in [0.2, 0.25) is 10.0 Å². The van der Waals surface area contributed by atoms with Crippen LogP contribution in [0.5, 0.6) is 0 Å². The minimum Gasteiger partial charge on any atom is -0.211 e. The predicted octanol–water partition coefficient (Wildman–Crippen LogP) is 4.19. The molecule has 0 heterocycles. The lowest BCUT2D eigenvalue weighted by atomic mass is 9.78. The molecule has 122 valence electrons. The number of hydrogen-bond acceptors (Lipinski definition) is 2. The van der Waals surface area contributed by atoms with E-state index in [0.29, 0.717) is 16.9 Å². The summed E-state index contributed by atoms with van der Waals surface area (Å²) in [5.41, 5.74) is 1.37. The Morgan fingerprint density at radius 2 is 1.82 bits per heavy atom. The number of nitrogens with one attached hydrogen (secondary N) is 1. The highest BCUT2D eigenvalue weighted by Crippen LogP contribution is 2.44.